The van der Waals surface area contributed by atoms with Gasteiger partial charge in [-0.2, -0.15) is 4.37 Å². The average molecular weight is 280 g/mol. The monoisotopic (exact) mass is 280 g/mol. The quantitative estimate of drug-likeness (QED) is 0.823. The van der Waals surface area contributed by atoms with Crippen LogP contribution in [0.5, 0.6) is 0 Å². The van der Waals surface area contributed by atoms with E-state index in [1.54, 1.807) is 11.8 Å². The van der Waals surface area contributed by atoms with Gasteiger partial charge < -0.3 is 5.32 Å². The zero-order valence-electron chi connectivity index (χ0n) is 10.5. The second kappa shape index (κ2) is 6.70. The van der Waals surface area contributed by atoms with Crippen molar-refractivity contribution in [1.82, 2.24) is 14.3 Å². The molecule has 1 N–H and O–H groups in total. The maximum absolute atomic E-state index is 4.43. The molecule has 96 valence electrons. The number of pyridine rings is 1. The summed E-state index contributed by atoms with van der Waals surface area (Å²) in [5.74, 6) is 2.75. The van der Waals surface area contributed by atoms with Crippen molar-refractivity contribution in [2.75, 3.05) is 11.9 Å². The predicted molar refractivity (Wildman–Crippen MR) is 77.2 cm³/mol. The molecular formula is C12H16N4S2. The Morgan fingerprint density at radius 1 is 1.33 bits per heavy atom. The number of hydrogen-bond acceptors (Lipinski definition) is 6. The van der Waals surface area contributed by atoms with Gasteiger partial charge in [-0.3, -0.25) is 0 Å². The van der Waals surface area contributed by atoms with Gasteiger partial charge in [0, 0.05) is 24.9 Å². The second-order valence-electron chi connectivity index (χ2n) is 3.70. The minimum absolute atomic E-state index is 0.887. The lowest BCUT2D eigenvalue weighted by Crippen LogP contribution is -1.98. The first-order valence-corrected chi connectivity index (χ1v) is 7.72. The van der Waals surface area contributed by atoms with Crippen molar-refractivity contribution in [2.24, 2.45) is 0 Å². The molecule has 0 aliphatic carbocycles. The lowest BCUT2D eigenvalue weighted by Gasteiger charge is -2.03. The summed E-state index contributed by atoms with van der Waals surface area (Å²) in [4.78, 5) is 8.77. The number of aryl methyl sites for hydroxylation is 1. The summed E-state index contributed by atoms with van der Waals surface area (Å²) in [6.07, 6.45) is 2.81. The van der Waals surface area contributed by atoms with Gasteiger partial charge >= 0.3 is 0 Å². The minimum Gasteiger partial charge on any atom is -0.370 e. The third-order valence-corrected chi connectivity index (χ3v) is 4.25. The molecule has 0 saturated carbocycles. The van der Waals surface area contributed by atoms with Gasteiger partial charge in [0.15, 0.2) is 4.34 Å². The average Bonchev–Trinajstić information content (AvgIpc) is 2.86. The van der Waals surface area contributed by atoms with Gasteiger partial charge in [0.05, 0.1) is 0 Å². The maximum atomic E-state index is 4.43. The van der Waals surface area contributed by atoms with Crippen molar-refractivity contribution in [1.29, 1.82) is 0 Å². The highest BCUT2D eigenvalue weighted by Gasteiger charge is 2.03. The molecule has 0 aliphatic rings. The number of nitrogens with zero attached hydrogens (tertiary/aromatic N) is 3. The highest BCUT2D eigenvalue weighted by atomic mass is 32.2. The Morgan fingerprint density at radius 3 is 2.83 bits per heavy atom. The first kappa shape index (κ1) is 13.3. The van der Waals surface area contributed by atoms with Crippen LogP contribution in [0.25, 0.3) is 0 Å². The second-order valence-corrected chi connectivity index (χ2v) is 5.68. The van der Waals surface area contributed by atoms with E-state index in [0.29, 0.717) is 0 Å². The summed E-state index contributed by atoms with van der Waals surface area (Å²) in [5, 5.41) is 3.18. The van der Waals surface area contributed by atoms with E-state index in [2.05, 4.69) is 39.6 Å². The van der Waals surface area contributed by atoms with Crippen LogP contribution in [0.15, 0.2) is 22.7 Å². The fourth-order valence-corrected chi connectivity index (χ4v) is 3.01. The summed E-state index contributed by atoms with van der Waals surface area (Å²) in [6.45, 7) is 5.03. The Balaban J connectivity index is 1.89. The van der Waals surface area contributed by atoms with Crippen molar-refractivity contribution in [3.63, 3.8) is 0 Å². The lowest BCUT2D eigenvalue weighted by atomic mass is 10.3. The zero-order chi connectivity index (χ0) is 12.8. The van der Waals surface area contributed by atoms with Gasteiger partial charge in [0.2, 0.25) is 0 Å². The molecule has 0 atom stereocenters. The van der Waals surface area contributed by atoms with E-state index in [1.807, 2.05) is 12.3 Å². The number of anilines is 1. The summed E-state index contributed by atoms with van der Waals surface area (Å²) in [7, 11) is 0. The van der Waals surface area contributed by atoms with E-state index in [-0.39, 0.29) is 0 Å². The highest BCUT2D eigenvalue weighted by molar-refractivity contribution is 8.00. The Hall–Kier alpha value is -1.14. The van der Waals surface area contributed by atoms with Gasteiger partial charge in [0.25, 0.3) is 0 Å². The van der Waals surface area contributed by atoms with Gasteiger partial charge in [-0.05, 0) is 30.1 Å². The SMILES string of the molecule is CCNc1ccc(CSc2nc(CC)ns2)cn1. The molecular weight excluding hydrogens is 264 g/mol. The van der Waals surface area contributed by atoms with E-state index in [1.165, 1.54) is 17.1 Å². The summed E-state index contributed by atoms with van der Waals surface area (Å²) in [5.41, 5.74) is 1.20. The van der Waals surface area contributed by atoms with Crippen LogP contribution >= 0.6 is 23.3 Å². The molecule has 0 radical (unpaired) electrons. The molecule has 0 unspecified atom stereocenters. The standard InChI is InChI=1S/C12H16N4S2/c1-3-10-15-12(18-16-10)17-8-9-5-6-11(13-4-2)14-7-9/h5-7H,3-4,8H2,1-2H3,(H,13,14). The molecule has 0 amide bonds. The Kier molecular flexibility index (Phi) is 4.95. The third-order valence-electron chi connectivity index (χ3n) is 2.31. The van der Waals surface area contributed by atoms with Gasteiger partial charge in [0.1, 0.15) is 11.6 Å². The van der Waals surface area contributed by atoms with Crippen molar-refractivity contribution < 1.29 is 0 Å². The molecule has 0 bridgehead atoms. The van der Waals surface area contributed by atoms with Crippen LogP contribution in [0.1, 0.15) is 25.2 Å². The van der Waals surface area contributed by atoms with Crippen LogP contribution in [-0.4, -0.2) is 20.9 Å². The van der Waals surface area contributed by atoms with Crippen molar-refractivity contribution in [2.45, 2.75) is 30.4 Å². The molecule has 2 aromatic rings. The zero-order valence-corrected chi connectivity index (χ0v) is 12.1. The first-order valence-electron chi connectivity index (χ1n) is 5.96. The molecule has 0 saturated heterocycles. The Labute approximate surface area is 115 Å². The minimum atomic E-state index is 0.887. The van der Waals surface area contributed by atoms with E-state index in [9.17, 15) is 0 Å². The van der Waals surface area contributed by atoms with Crippen LogP contribution in [0, 0.1) is 0 Å². The number of nitrogens with one attached hydrogen (secondary N) is 1. The van der Waals surface area contributed by atoms with Crippen molar-refractivity contribution in [3.8, 4) is 0 Å². The molecule has 2 rings (SSSR count). The number of rotatable bonds is 6. The number of thioether (sulfide) groups is 1. The van der Waals surface area contributed by atoms with E-state index in [4.69, 9.17) is 0 Å². The van der Waals surface area contributed by atoms with Crippen molar-refractivity contribution in [3.05, 3.63) is 29.7 Å². The molecule has 0 fully saturated rings. The molecule has 0 aromatic carbocycles. The molecule has 0 spiro atoms. The van der Waals surface area contributed by atoms with Crippen LogP contribution < -0.4 is 5.32 Å². The molecule has 18 heavy (non-hydrogen) atoms. The lowest BCUT2D eigenvalue weighted by molar-refractivity contribution is 0.971. The molecule has 6 heteroatoms. The van der Waals surface area contributed by atoms with Gasteiger partial charge in [-0.25, -0.2) is 9.97 Å². The fraction of sp³-hybridized carbons (Fsp3) is 0.417. The molecule has 4 nitrogen and oxygen atoms in total. The smallest absolute Gasteiger partial charge is 0.170 e. The fourth-order valence-electron chi connectivity index (χ4n) is 1.38. The largest absolute Gasteiger partial charge is 0.370 e. The van der Waals surface area contributed by atoms with Crippen LogP contribution in [0.2, 0.25) is 0 Å². The summed E-state index contributed by atoms with van der Waals surface area (Å²) >= 11 is 3.19. The maximum Gasteiger partial charge on any atom is 0.170 e. The summed E-state index contributed by atoms with van der Waals surface area (Å²) < 4.78 is 5.30. The number of hydrogen-bond donors (Lipinski definition) is 1. The van der Waals surface area contributed by atoms with Crippen LogP contribution in [0.4, 0.5) is 5.82 Å². The molecule has 0 aliphatic heterocycles. The predicted octanol–water partition coefficient (Wildman–Crippen LogP) is 3.22. The van der Waals surface area contributed by atoms with Gasteiger partial charge in [-0.15, -0.1) is 0 Å². The van der Waals surface area contributed by atoms with E-state index in [0.717, 1.165) is 34.7 Å². The first-order chi connectivity index (χ1) is 8.81. The topological polar surface area (TPSA) is 50.7 Å². The molecule has 2 aromatic heterocycles. The summed E-state index contributed by atoms with van der Waals surface area (Å²) in [6, 6.07) is 4.11. The van der Waals surface area contributed by atoms with Crippen molar-refractivity contribution >= 4 is 29.1 Å². The van der Waals surface area contributed by atoms with E-state index < -0.39 is 0 Å². The van der Waals surface area contributed by atoms with Crippen LogP contribution in [0.3, 0.4) is 0 Å². The van der Waals surface area contributed by atoms with Gasteiger partial charge in [-0.1, -0.05) is 24.8 Å². The molecule has 2 heterocycles. The third kappa shape index (κ3) is 3.68. The Morgan fingerprint density at radius 2 is 2.22 bits per heavy atom. The number of aromatic nitrogens is 3. The van der Waals surface area contributed by atoms with E-state index >= 15 is 0 Å². The highest BCUT2D eigenvalue weighted by Crippen LogP contribution is 2.24. The Bertz CT molecular complexity index is 481. The normalized spacial score (nSPS) is 10.6. The van der Waals surface area contributed by atoms with Crippen LogP contribution in [-0.2, 0) is 12.2 Å².